The minimum absolute atomic E-state index is 0.114. The van der Waals surface area contributed by atoms with Crippen molar-refractivity contribution in [3.63, 3.8) is 0 Å². The maximum absolute atomic E-state index is 12.5. The summed E-state index contributed by atoms with van der Waals surface area (Å²) >= 11 is 0. The number of para-hydroxylation sites is 2. The quantitative estimate of drug-likeness (QED) is 0.574. The second kappa shape index (κ2) is 11.9. The van der Waals surface area contributed by atoms with Gasteiger partial charge in [-0.05, 0) is 30.5 Å². The molecule has 2 aliphatic rings. The zero-order valence-corrected chi connectivity index (χ0v) is 19.3. The molecule has 1 aromatic rings. The van der Waals surface area contributed by atoms with Crippen LogP contribution in [0.25, 0.3) is 0 Å². The van der Waals surface area contributed by atoms with Crippen LogP contribution in [-0.4, -0.2) is 92.2 Å². The van der Waals surface area contributed by atoms with Gasteiger partial charge in [-0.15, -0.1) is 0 Å². The Balaban J connectivity index is 1.36. The number of nitrogens with zero attached hydrogens (tertiary/aromatic N) is 3. The minimum atomic E-state index is -0.474. The number of methoxy groups -OCH3 is 1. The van der Waals surface area contributed by atoms with Crippen molar-refractivity contribution in [3.05, 3.63) is 35.9 Å². The molecule has 1 atom stereocenters. The standard InChI is InChI=1S/C24H37N5O3/c1-3-6-19-17-29(12-10-21(19)25)24(31)26-11-9-20(30)18-27-13-15-28(16-14-27)22-7-4-5-8-23(22)32-2/h4-8,20,25,30H,3,9-18H2,1-2H3,(H,26,31)/b19-6-,25-21?. The van der Waals surface area contributed by atoms with E-state index in [1.54, 1.807) is 12.0 Å². The number of benzene rings is 1. The first-order valence-electron chi connectivity index (χ1n) is 11.6. The molecule has 0 radical (unpaired) electrons. The number of nitrogens with one attached hydrogen (secondary N) is 2. The van der Waals surface area contributed by atoms with Crippen molar-refractivity contribution in [1.82, 2.24) is 15.1 Å². The van der Waals surface area contributed by atoms with Gasteiger partial charge in [0.05, 0.1) is 18.9 Å². The second-order valence-electron chi connectivity index (χ2n) is 8.42. The summed E-state index contributed by atoms with van der Waals surface area (Å²) in [6, 6.07) is 7.95. The molecule has 3 rings (SSSR count). The number of piperidine rings is 1. The molecule has 8 nitrogen and oxygen atoms in total. The summed E-state index contributed by atoms with van der Waals surface area (Å²) < 4.78 is 5.47. The highest BCUT2D eigenvalue weighted by atomic mass is 16.5. The van der Waals surface area contributed by atoms with E-state index >= 15 is 0 Å². The molecule has 1 aromatic carbocycles. The van der Waals surface area contributed by atoms with E-state index in [0.29, 0.717) is 44.7 Å². The van der Waals surface area contributed by atoms with Crippen LogP contribution in [0.4, 0.5) is 10.5 Å². The van der Waals surface area contributed by atoms with Gasteiger partial charge in [0.1, 0.15) is 5.75 Å². The lowest BCUT2D eigenvalue weighted by atomic mass is 10.0. The number of anilines is 1. The Morgan fingerprint density at radius 2 is 2.00 bits per heavy atom. The fourth-order valence-electron chi connectivity index (χ4n) is 4.30. The first-order valence-corrected chi connectivity index (χ1v) is 11.6. The lowest BCUT2D eigenvalue weighted by Gasteiger charge is -2.37. The van der Waals surface area contributed by atoms with Gasteiger partial charge in [0.25, 0.3) is 0 Å². The van der Waals surface area contributed by atoms with Crippen LogP contribution in [0.1, 0.15) is 26.2 Å². The summed E-state index contributed by atoms with van der Waals surface area (Å²) in [4.78, 5) is 18.8. The zero-order chi connectivity index (χ0) is 22.9. The average Bonchev–Trinajstić information content (AvgIpc) is 2.81. The van der Waals surface area contributed by atoms with Crippen LogP contribution in [0.2, 0.25) is 0 Å². The van der Waals surface area contributed by atoms with Crippen LogP contribution in [0.15, 0.2) is 35.9 Å². The van der Waals surface area contributed by atoms with E-state index in [1.807, 2.05) is 31.2 Å². The smallest absolute Gasteiger partial charge is 0.317 e. The van der Waals surface area contributed by atoms with Gasteiger partial charge in [-0.2, -0.15) is 0 Å². The number of hydrogen-bond acceptors (Lipinski definition) is 6. The summed E-state index contributed by atoms with van der Waals surface area (Å²) in [5.74, 6) is 0.888. The Hall–Kier alpha value is -2.58. The van der Waals surface area contributed by atoms with Crippen molar-refractivity contribution in [3.8, 4) is 5.75 Å². The van der Waals surface area contributed by atoms with Gasteiger partial charge in [-0.25, -0.2) is 4.79 Å². The van der Waals surface area contributed by atoms with Crippen LogP contribution in [0.3, 0.4) is 0 Å². The highest BCUT2D eigenvalue weighted by Gasteiger charge is 2.23. The fourth-order valence-corrected chi connectivity index (χ4v) is 4.30. The largest absolute Gasteiger partial charge is 0.495 e. The molecule has 2 amide bonds. The van der Waals surface area contributed by atoms with Gasteiger partial charge >= 0.3 is 6.03 Å². The molecule has 0 bridgehead atoms. The third kappa shape index (κ3) is 6.46. The normalized spacial score (nSPS) is 19.8. The number of β-amino-alcohol motifs (C(OH)–C–C–N with tert-alkyl or cyclic N) is 1. The van der Waals surface area contributed by atoms with E-state index in [-0.39, 0.29) is 6.03 Å². The summed E-state index contributed by atoms with van der Waals surface area (Å²) in [7, 11) is 1.70. The molecule has 1 unspecified atom stereocenters. The van der Waals surface area contributed by atoms with Gasteiger partial charge in [-0.1, -0.05) is 25.1 Å². The zero-order valence-electron chi connectivity index (χ0n) is 19.3. The van der Waals surface area contributed by atoms with Gasteiger partial charge < -0.3 is 30.4 Å². The second-order valence-corrected chi connectivity index (χ2v) is 8.42. The Kier molecular flexibility index (Phi) is 8.93. The van der Waals surface area contributed by atoms with Crippen LogP contribution < -0.4 is 15.0 Å². The maximum atomic E-state index is 12.5. The predicted molar refractivity (Wildman–Crippen MR) is 128 cm³/mol. The third-order valence-electron chi connectivity index (χ3n) is 6.14. The number of amides is 2. The van der Waals surface area contributed by atoms with Crippen molar-refractivity contribution in [2.24, 2.45) is 0 Å². The van der Waals surface area contributed by atoms with Crippen LogP contribution in [0.5, 0.6) is 5.75 Å². The highest BCUT2D eigenvalue weighted by Crippen LogP contribution is 2.28. The molecule has 0 spiro atoms. The Bertz CT molecular complexity index is 805. The van der Waals surface area contributed by atoms with Crippen LogP contribution in [-0.2, 0) is 0 Å². The van der Waals surface area contributed by atoms with E-state index < -0.39 is 6.10 Å². The number of ether oxygens (including phenoxy) is 1. The summed E-state index contributed by atoms with van der Waals surface area (Å²) in [6.07, 6.45) is 3.55. The fraction of sp³-hybridized carbons (Fsp3) is 0.583. The highest BCUT2D eigenvalue weighted by molar-refractivity contribution is 6.00. The third-order valence-corrected chi connectivity index (χ3v) is 6.14. The van der Waals surface area contributed by atoms with E-state index in [4.69, 9.17) is 10.1 Å². The number of carbonyl (C=O) groups is 1. The molecule has 0 aliphatic carbocycles. The molecule has 2 heterocycles. The Morgan fingerprint density at radius 1 is 1.25 bits per heavy atom. The van der Waals surface area contributed by atoms with Crippen molar-refractivity contribution in [2.75, 3.05) is 64.4 Å². The van der Waals surface area contributed by atoms with Crippen molar-refractivity contribution in [1.29, 1.82) is 5.41 Å². The first-order chi connectivity index (χ1) is 15.5. The molecule has 2 fully saturated rings. The number of piperazine rings is 1. The number of likely N-dealkylation sites (tertiary alicyclic amines) is 1. The molecular formula is C24H37N5O3. The number of aliphatic hydroxyl groups excluding tert-OH is 1. The molecule has 3 N–H and O–H groups in total. The summed E-state index contributed by atoms with van der Waals surface area (Å²) in [6.45, 7) is 7.72. The van der Waals surface area contributed by atoms with E-state index in [9.17, 15) is 9.90 Å². The topological polar surface area (TPSA) is 92.1 Å². The van der Waals surface area contributed by atoms with E-state index in [1.165, 1.54) is 0 Å². The van der Waals surface area contributed by atoms with E-state index in [2.05, 4.69) is 21.2 Å². The number of allylic oxidation sites excluding steroid dienone is 1. The molecule has 8 heteroatoms. The predicted octanol–water partition coefficient (Wildman–Crippen LogP) is 2.34. The van der Waals surface area contributed by atoms with Crippen LogP contribution in [0, 0.1) is 5.41 Å². The minimum Gasteiger partial charge on any atom is -0.495 e. The molecular weight excluding hydrogens is 406 g/mol. The molecule has 32 heavy (non-hydrogen) atoms. The van der Waals surface area contributed by atoms with Crippen molar-refractivity contribution >= 4 is 17.4 Å². The molecule has 0 saturated carbocycles. The molecule has 2 aliphatic heterocycles. The first kappa shape index (κ1) is 24.1. The number of hydrogen-bond donors (Lipinski definition) is 3. The number of carbonyl (C=O) groups excluding carboxylic acids is 1. The molecule has 0 aromatic heterocycles. The Morgan fingerprint density at radius 3 is 2.72 bits per heavy atom. The Labute approximate surface area is 191 Å². The average molecular weight is 444 g/mol. The summed E-state index contributed by atoms with van der Waals surface area (Å²) in [5, 5.41) is 21.4. The van der Waals surface area contributed by atoms with Crippen molar-refractivity contribution in [2.45, 2.75) is 32.3 Å². The molecule has 176 valence electrons. The van der Waals surface area contributed by atoms with Gasteiger partial charge in [0.15, 0.2) is 0 Å². The van der Waals surface area contributed by atoms with E-state index in [0.717, 1.165) is 49.6 Å². The molecule has 2 saturated heterocycles. The number of urea groups is 1. The maximum Gasteiger partial charge on any atom is 0.317 e. The van der Waals surface area contributed by atoms with Gasteiger partial charge in [0, 0.05) is 64.5 Å². The number of rotatable bonds is 8. The summed E-state index contributed by atoms with van der Waals surface area (Å²) in [5.41, 5.74) is 2.70. The van der Waals surface area contributed by atoms with Gasteiger partial charge in [0.2, 0.25) is 0 Å². The monoisotopic (exact) mass is 443 g/mol. The van der Waals surface area contributed by atoms with Crippen LogP contribution >= 0.6 is 0 Å². The SMILES string of the molecule is CC/C=C1/CN(C(=O)NCCC(O)CN2CCN(c3ccccc3OC)CC2)CCC1=N. The number of aliphatic hydroxyl groups is 1. The lowest BCUT2D eigenvalue weighted by molar-refractivity contribution is 0.102. The van der Waals surface area contributed by atoms with Gasteiger partial charge in [-0.3, -0.25) is 4.90 Å². The lowest BCUT2D eigenvalue weighted by Crippen LogP contribution is -2.49. The van der Waals surface area contributed by atoms with Crippen molar-refractivity contribution < 1.29 is 14.6 Å².